The molecule has 0 spiro atoms. The van der Waals surface area contributed by atoms with Crippen molar-refractivity contribution in [1.82, 2.24) is 14.5 Å². The first-order valence-corrected chi connectivity index (χ1v) is 9.62. The number of hydrogen-bond donors (Lipinski definition) is 1. The van der Waals surface area contributed by atoms with E-state index in [-0.39, 0.29) is 18.7 Å². The quantitative estimate of drug-likeness (QED) is 0.601. The Morgan fingerprint density at radius 2 is 1.69 bits per heavy atom. The van der Waals surface area contributed by atoms with E-state index in [4.69, 9.17) is 16.3 Å². The number of halogens is 1. The second-order valence-electron chi connectivity index (χ2n) is 6.52. The van der Waals surface area contributed by atoms with Crippen LogP contribution in [0, 0.1) is 0 Å². The third kappa shape index (κ3) is 4.35. The van der Waals surface area contributed by atoms with Gasteiger partial charge in [-0.1, -0.05) is 41.9 Å². The minimum Gasteiger partial charge on any atom is -0.469 e. The summed E-state index contributed by atoms with van der Waals surface area (Å²) in [5.41, 5.74) is 1.80. The molecule has 8 heteroatoms. The van der Waals surface area contributed by atoms with Gasteiger partial charge in [0, 0.05) is 11.6 Å². The van der Waals surface area contributed by atoms with Crippen molar-refractivity contribution in [3.8, 4) is 0 Å². The number of amides is 1. The van der Waals surface area contributed by atoms with Gasteiger partial charge in [-0.3, -0.25) is 18.7 Å². The largest absolute Gasteiger partial charge is 0.469 e. The number of hydrogen-bond acceptors (Lipinski definition) is 4. The van der Waals surface area contributed by atoms with Crippen molar-refractivity contribution in [2.24, 2.45) is 0 Å². The Hall–Kier alpha value is -3.06. The molecule has 1 amide bonds. The molecule has 1 unspecified atom stereocenters. The van der Waals surface area contributed by atoms with Crippen LogP contribution in [0.5, 0.6) is 0 Å². The smallest absolute Gasteiger partial charge is 0.329 e. The number of carbonyl (C=O) groups excluding carboxylic acids is 2. The molecule has 0 radical (unpaired) electrons. The van der Waals surface area contributed by atoms with Crippen LogP contribution in [0.15, 0.2) is 53.3 Å². The van der Waals surface area contributed by atoms with Crippen molar-refractivity contribution in [3.63, 3.8) is 0 Å². The molecule has 1 atom stereocenters. The molecule has 0 saturated heterocycles. The van der Waals surface area contributed by atoms with Gasteiger partial charge in [-0.25, -0.2) is 4.79 Å². The summed E-state index contributed by atoms with van der Waals surface area (Å²) < 4.78 is 7.78. The monoisotopic (exact) mass is 415 g/mol. The Balaban J connectivity index is 1.89. The molecule has 1 aromatic heterocycles. The third-order valence-electron chi connectivity index (χ3n) is 4.76. The zero-order valence-corrected chi connectivity index (χ0v) is 17.0. The van der Waals surface area contributed by atoms with E-state index in [2.05, 4.69) is 5.32 Å². The van der Waals surface area contributed by atoms with Crippen LogP contribution >= 0.6 is 11.6 Å². The lowest BCUT2D eigenvalue weighted by Crippen LogP contribution is -2.36. The van der Waals surface area contributed by atoms with Crippen LogP contribution < -0.4 is 11.0 Å². The van der Waals surface area contributed by atoms with Gasteiger partial charge in [0.05, 0.1) is 30.6 Å². The van der Waals surface area contributed by atoms with Crippen molar-refractivity contribution in [3.05, 3.63) is 69.6 Å². The Bertz CT molecular complexity index is 1100. The summed E-state index contributed by atoms with van der Waals surface area (Å²) >= 11 is 6.25. The number of methoxy groups -OCH3 is 1. The number of aromatic nitrogens is 2. The molecule has 7 nitrogen and oxygen atoms in total. The van der Waals surface area contributed by atoms with Crippen molar-refractivity contribution in [1.29, 1.82) is 0 Å². The van der Waals surface area contributed by atoms with E-state index in [9.17, 15) is 14.4 Å². The minimum absolute atomic E-state index is 0.0718. The number of carbonyl (C=O) groups is 2. The lowest BCUT2D eigenvalue weighted by Gasteiger charge is -2.19. The van der Waals surface area contributed by atoms with Crippen molar-refractivity contribution in [2.45, 2.75) is 32.5 Å². The normalized spacial score (nSPS) is 12.0. The molecule has 0 aliphatic rings. The van der Waals surface area contributed by atoms with Gasteiger partial charge in [-0.15, -0.1) is 0 Å². The molecule has 1 heterocycles. The number of fused-ring (bicyclic) bond motifs is 1. The number of aryl methyl sites for hydroxylation is 1. The highest BCUT2D eigenvalue weighted by Crippen LogP contribution is 2.25. The van der Waals surface area contributed by atoms with Crippen molar-refractivity contribution < 1.29 is 14.3 Å². The summed E-state index contributed by atoms with van der Waals surface area (Å²) in [6, 6.07) is 13.6. The zero-order chi connectivity index (χ0) is 21.0. The molecular weight excluding hydrogens is 394 g/mol. The summed E-state index contributed by atoms with van der Waals surface area (Å²) in [5, 5.41) is 3.25. The fraction of sp³-hybridized carbons (Fsp3) is 0.286. The molecular formula is C21H22ClN3O4. The van der Waals surface area contributed by atoms with Gasteiger partial charge in [0.15, 0.2) is 0 Å². The molecule has 0 saturated carbocycles. The summed E-state index contributed by atoms with van der Waals surface area (Å²) in [7, 11) is 1.28. The maximum absolute atomic E-state index is 12.8. The van der Waals surface area contributed by atoms with Crippen LogP contribution in [0.25, 0.3) is 11.0 Å². The van der Waals surface area contributed by atoms with Crippen LogP contribution in [0.4, 0.5) is 0 Å². The summed E-state index contributed by atoms with van der Waals surface area (Å²) in [6.07, 6.45) is -0.0718. The van der Waals surface area contributed by atoms with Crippen LogP contribution in [0.1, 0.15) is 24.9 Å². The highest BCUT2D eigenvalue weighted by Gasteiger charge is 2.22. The number of rotatable bonds is 7. The Morgan fingerprint density at radius 3 is 2.31 bits per heavy atom. The molecule has 152 valence electrons. The van der Waals surface area contributed by atoms with E-state index in [1.807, 2.05) is 25.1 Å². The first-order chi connectivity index (χ1) is 14.0. The SMILES string of the molecule is CCn1c(=O)n(CC(=O)NC(CC(=O)OC)c2ccccc2Cl)c2ccccc21. The average Bonchev–Trinajstić information content (AvgIpc) is 2.98. The average molecular weight is 416 g/mol. The Morgan fingerprint density at radius 1 is 1.07 bits per heavy atom. The molecule has 0 aliphatic heterocycles. The van der Waals surface area contributed by atoms with Crippen molar-refractivity contribution in [2.75, 3.05) is 7.11 Å². The fourth-order valence-corrected chi connectivity index (χ4v) is 3.63. The number of esters is 1. The summed E-state index contributed by atoms with van der Waals surface area (Å²) in [4.78, 5) is 37.4. The van der Waals surface area contributed by atoms with E-state index in [0.717, 1.165) is 5.52 Å². The second kappa shape index (κ2) is 8.96. The van der Waals surface area contributed by atoms with Crippen LogP contribution in [0.2, 0.25) is 5.02 Å². The maximum Gasteiger partial charge on any atom is 0.329 e. The van der Waals surface area contributed by atoms with E-state index < -0.39 is 17.9 Å². The van der Waals surface area contributed by atoms with E-state index in [1.165, 1.54) is 11.7 Å². The van der Waals surface area contributed by atoms with Crippen LogP contribution in [-0.2, 0) is 27.4 Å². The van der Waals surface area contributed by atoms with Gasteiger partial charge in [0.25, 0.3) is 0 Å². The molecule has 3 rings (SSSR count). The lowest BCUT2D eigenvalue weighted by atomic mass is 10.0. The highest BCUT2D eigenvalue weighted by atomic mass is 35.5. The maximum atomic E-state index is 12.8. The highest BCUT2D eigenvalue weighted by molar-refractivity contribution is 6.31. The molecule has 3 aromatic rings. The van der Waals surface area contributed by atoms with Gasteiger partial charge in [0.1, 0.15) is 6.54 Å². The Labute approximate surface area is 172 Å². The molecule has 0 bridgehead atoms. The Kier molecular flexibility index (Phi) is 6.39. The number of imidazole rings is 1. The first-order valence-electron chi connectivity index (χ1n) is 9.25. The molecule has 1 N–H and O–H groups in total. The lowest BCUT2D eigenvalue weighted by molar-refractivity contribution is -0.141. The fourth-order valence-electron chi connectivity index (χ4n) is 3.36. The predicted molar refractivity (Wildman–Crippen MR) is 111 cm³/mol. The van der Waals surface area contributed by atoms with E-state index in [1.54, 1.807) is 34.9 Å². The second-order valence-corrected chi connectivity index (χ2v) is 6.93. The third-order valence-corrected chi connectivity index (χ3v) is 5.10. The predicted octanol–water partition coefficient (Wildman–Crippen LogP) is 2.90. The zero-order valence-electron chi connectivity index (χ0n) is 16.2. The molecule has 0 aliphatic carbocycles. The van der Waals surface area contributed by atoms with Gasteiger partial charge in [-0.05, 0) is 30.7 Å². The first kappa shape index (κ1) is 20.7. The number of para-hydroxylation sites is 2. The summed E-state index contributed by atoms with van der Waals surface area (Å²) in [5.74, 6) is -0.880. The standard InChI is InChI=1S/C21H22ClN3O4/c1-3-24-17-10-6-7-11-18(17)25(21(24)28)13-19(26)23-16(12-20(27)29-2)14-8-4-5-9-15(14)22/h4-11,16H,3,12-13H2,1-2H3,(H,23,26). The molecule has 0 fully saturated rings. The van der Waals surface area contributed by atoms with E-state index in [0.29, 0.717) is 22.6 Å². The van der Waals surface area contributed by atoms with Gasteiger partial charge < -0.3 is 10.1 Å². The van der Waals surface area contributed by atoms with Gasteiger partial charge in [0.2, 0.25) is 5.91 Å². The van der Waals surface area contributed by atoms with Gasteiger partial charge in [-0.2, -0.15) is 0 Å². The van der Waals surface area contributed by atoms with Crippen LogP contribution in [0.3, 0.4) is 0 Å². The molecule has 2 aromatic carbocycles. The minimum atomic E-state index is -0.668. The van der Waals surface area contributed by atoms with E-state index >= 15 is 0 Å². The number of benzene rings is 2. The van der Waals surface area contributed by atoms with Crippen LogP contribution in [-0.4, -0.2) is 28.1 Å². The number of nitrogens with zero attached hydrogens (tertiary/aromatic N) is 2. The number of ether oxygens (including phenoxy) is 1. The van der Waals surface area contributed by atoms with Crippen molar-refractivity contribution >= 4 is 34.5 Å². The van der Waals surface area contributed by atoms with Gasteiger partial charge >= 0.3 is 11.7 Å². The number of nitrogens with one attached hydrogen (secondary N) is 1. The topological polar surface area (TPSA) is 82.3 Å². The molecule has 29 heavy (non-hydrogen) atoms. The summed E-state index contributed by atoms with van der Waals surface area (Å²) in [6.45, 7) is 2.20.